The lowest BCUT2D eigenvalue weighted by atomic mass is 10.3. The van der Waals surface area contributed by atoms with Crippen LogP contribution in [0.2, 0.25) is 0 Å². The number of aryl methyl sites for hydroxylation is 2. The van der Waals surface area contributed by atoms with Gasteiger partial charge in [0, 0.05) is 36.4 Å². The molecule has 1 N–H and O–H groups in total. The van der Waals surface area contributed by atoms with Crippen LogP contribution in [0, 0.1) is 13.8 Å². The molecule has 0 fully saturated rings. The smallest absolute Gasteiger partial charge is 0.223 e. The molecular formula is C12H17N5. The van der Waals surface area contributed by atoms with Gasteiger partial charge in [-0.1, -0.05) is 0 Å². The fourth-order valence-electron chi connectivity index (χ4n) is 1.77. The Hall–Kier alpha value is -1.91. The van der Waals surface area contributed by atoms with Crippen molar-refractivity contribution < 1.29 is 0 Å². The van der Waals surface area contributed by atoms with Crippen LogP contribution in [0.4, 0.5) is 5.95 Å². The van der Waals surface area contributed by atoms with Crippen LogP contribution in [-0.2, 0) is 6.54 Å². The third-order valence-electron chi connectivity index (χ3n) is 2.40. The highest BCUT2D eigenvalue weighted by molar-refractivity contribution is 5.28. The van der Waals surface area contributed by atoms with E-state index in [-0.39, 0.29) is 6.04 Å². The summed E-state index contributed by atoms with van der Waals surface area (Å²) in [6.07, 6.45) is 5.53. The number of aromatic nitrogens is 4. The lowest BCUT2D eigenvalue weighted by Crippen LogP contribution is -2.22. The predicted molar refractivity (Wildman–Crippen MR) is 66.8 cm³/mol. The fourth-order valence-corrected chi connectivity index (χ4v) is 1.77. The highest BCUT2D eigenvalue weighted by Gasteiger charge is 2.05. The predicted octanol–water partition coefficient (Wildman–Crippen LogP) is 1.79. The standard InChI is InChI=1S/C12H17N5/c1-9-6-10(2)15-12(14-9)16-11(3)7-17-5-4-13-8-17/h4-6,8,11H,7H2,1-3H3,(H,14,15,16). The molecule has 1 unspecified atom stereocenters. The molecule has 0 bridgehead atoms. The van der Waals surface area contributed by atoms with Crippen molar-refractivity contribution in [1.29, 1.82) is 0 Å². The van der Waals surface area contributed by atoms with E-state index in [2.05, 4.69) is 27.2 Å². The number of hydrogen-bond donors (Lipinski definition) is 1. The molecule has 0 aliphatic carbocycles. The van der Waals surface area contributed by atoms with E-state index >= 15 is 0 Å². The first-order chi connectivity index (χ1) is 8.13. The Morgan fingerprint density at radius 2 is 2.00 bits per heavy atom. The van der Waals surface area contributed by atoms with Crippen molar-refractivity contribution in [3.05, 3.63) is 36.2 Å². The van der Waals surface area contributed by atoms with Crippen molar-refractivity contribution in [3.63, 3.8) is 0 Å². The number of rotatable bonds is 4. The summed E-state index contributed by atoms with van der Waals surface area (Å²) in [6, 6.07) is 2.22. The topological polar surface area (TPSA) is 55.6 Å². The van der Waals surface area contributed by atoms with Gasteiger partial charge in [-0.3, -0.25) is 0 Å². The minimum absolute atomic E-state index is 0.255. The van der Waals surface area contributed by atoms with Crippen molar-refractivity contribution >= 4 is 5.95 Å². The molecule has 17 heavy (non-hydrogen) atoms. The van der Waals surface area contributed by atoms with Gasteiger partial charge in [-0.15, -0.1) is 0 Å². The Kier molecular flexibility index (Phi) is 3.37. The lowest BCUT2D eigenvalue weighted by molar-refractivity contribution is 0.614. The van der Waals surface area contributed by atoms with Gasteiger partial charge in [-0.05, 0) is 26.8 Å². The van der Waals surface area contributed by atoms with E-state index in [1.54, 1.807) is 12.5 Å². The minimum atomic E-state index is 0.255. The summed E-state index contributed by atoms with van der Waals surface area (Å²) in [5, 5.41) is 3.29. The first-order valence-corrected chi connectivity index (χ1v) is 5.68. The van der Waals surface area contributed by atoms with E-state index in [1.807, 2.05) is 30.7 Å². The van der Waals surface area contributed by atoms with Gasteiger partial charge in [0.25, 0.3) is 0 Å². The summed E-state index contributed by atoms with van der Waals surface area (Å²) in [5.74, 6) is 0.690. The van der Waals surface area contributed by atoms with Crippen molar-refractivity contribution in [2.75, 3.05) is 5.32 Å². The van der Waals surface area contributed by atoms with Crippen molar-refractivity contribution in [2.45, 2.75) is 33.4 Å². The summed E-state index contributed by atoms with van der Waals surface area (Å²) < 4.78 is 2.03. The van der Waals surface area contributed by atoms with E-state index in [0.717, 1.165) is 17.9 Å². The van der Waals surface area contributed by atoms with Crippen molar-refractivity contribution in [1.82, 2.24) is 19.5 Å². The van der Waals surface area contributed by atoms with Crippen LogP contribution in [0.5, 0.6) is 0 Å². The van der Waals surface area contributed by atoms with Crippen molar-refractivity contribution in [2.24, 2.45) is 0 Å². The van der Waals surface area contributed by atoms with E-state index in [0.29, 0.717) is 5.95 Å². The Balaban J connectivity index is 2.00. The number of hydrogen-bond acceptors (Lipinski definition) is 4. The van der Waals surface area contributed by atoms with E-state index in [9.17, 15) is 0 Å². The number of nitrogens with zero attached hydrogens (tertiary/aromatic N) is 4. The number of anilines is 1. The van der Waals surface area contributed by atoms with Crippen LogP contribution in [-0.4, -0.2) is 25.6 Å². The average Bonchev–Trinajstić information content (AvgIpc) is 2.67. The molecule has 5 nitrogen and oxygen atoms in total. The van der Waals surface area contributed by atoms with Crippen LogP contribution in [0.3, 0.4) is 0 Å². The molecule has 5 heteroatoms. The van der Waals surface area contributed by atoms with Gasteiger partial charge in [-0.25, -0.2) is 15.0 Å². The quantitative estimate of drug-likeness (QED) is 0.871. The largest absolute Gasteiger partial charge is 0.350 e. The van der Waals surface area contributed by atoms with Gasteiger partial charge in [0.15, 0.2) is 0 Å². The highest BCUT2D eigenvalue weighted by Crippen LogP contribution is 2.06. The van der Waals surface area contributed by atoms with Crippen molar-refractivity contribution in [3.8, 4) is 0 Å². The summed E-state index contributed by atoms with van der Waals surface area (Å²) >= 11 is 0. The molecule has 0 saturated carbocycles. The summed E-state index contributed by atoms with van der Waals surface area (Å²) in [7, 11) is 0. The first-order valence-electron chi connectivity index (χ1n) is 5.68. The molecule has 90 valence electrons. The van der Waals surface area contributed by atoms with Crippen LogP contribution in [0.1, 0.15) is 18.3 Å². The first kappa shape index (κ1) is 11.6. The second-order valence-electron chi connectivity index (χ2n) is 4.28. The molecule has 0 saturated heterocycles. The summed E-state index contributed by atoms with van der Waals surface area (Å²) in [5.41, 5.74) is 1.96. The van der Waals surface area contributed by atoms with Gasteiger partial charge >= 0.3 is 0 Å². The highest BCUT2D eigenvalue weighted by atomic mass is 15.1. The molecule has 0 aliphatic heterocycles. The number of nitrogens with one attached hydrogen (secondary N) is 1. The van der Waals surface area contributed by atoms with Crippen LogP contribution >= 0.6 is 0 Å². The molecule has 0 radical (unpaired) electrons. The fraction of sp³-hybridized carbons (Fsp3) is 0.417. The van der Waals surface area contributed by atoms with Crippen LogP contribution in [0.15, 0.2) is 24.8 Å². The lowest BCUT2D eigenvalue weighted by Gasteiger charge is -2.14. The SMILES string of the molecule is Cc1cc(C)nc(NC(C)Cn2ccnc2)n1. The zero-order valence-corrected chi connectivity index (χ0v) is 10.4. The maximum Gasteiger partial charge on any atom is 0.223 e. The molecule has 2 aromatic rings. The van der Waals surface area contributed by atoms with Gasteiger partial charge in [0.05, 0.1) is 6.33 Å². The molecule has 2 heterocycles. The molecular weight excluding hydrogens is 214 g/mol. The molecule has 0 aromatic carbocycles. The Morgan fingerprint density at radius 3 is 2.59 bits per heavy atom. The summed E-state index contributed by atoms with van der Waals surface area (Å²) in [6.45, 7) is 6.89. The second-order valence-corrected chi connectivity index (χ2v) is 4.28. The third kappa shape index (κ3) is 3.27. The Labute approximate surface area is 101 Å². The molecule has 0 spiro atoms. The van der Waals surface area contributed by atoms with Gasteiger partial charge < -0.3 is 9.88 Å². The van der Waals surface area contributed by atoms with Crippen LogP contribution in [0.25, 0.3) is 0 Å². The van der Waals surface area contributed by atoms with Gasteiger partial charge in [0.2, 0.25) is 5.95 Å². The molecule has 0 aliphatic rings. The normalized spacial score (nSPS) is 12.4. The zero-order chi connectivity index (χ0) is 12.3. The van der Waals surface area contributed by atoms with E-state index in [4.69, 9.17) is 0 Å². The molecule has 1 atom stereocenters. The third-order valence-corrected chi connectivity index (χ3v) is 2.40. The minimum Gasteiger partial charge on any atom is -0.350 e. The maximum absolute atomic E-state index is 4.36. The molecule has 0 amide bonds. The molecule has 2 aromatic heterocycles. The van der Waals surface area contributed by atoms with Crippen LogP contribution < -0.4 is 5.32 Å². The Bertz CT molecular complexity index is 457. The van der Waals surface area contributed by atoms with E-state index < -0.39 is 0 Å². The zero-order valence-electron chi connectivity index (χ0n) is 10.4. The number of imidazole rings is 1. The average molecular weight is 231 g/mol. The maximum atomic E-state index is 4.36. The monoisotopic (exact) mass is 231 g/mol. The van der Waals surface area contributed by atoms with Gasteiger partial charge in [-0.2, -0.15) is 0 Å². The van der Waals surface area contributed by atoms with Gasteiger partial charge in [0.1, 0.15) is 0 Å². The van der Waals surface area contributed by atoms with E-state index in [1.165, 1.54) is 0 Å². The Morgan fingerprint density at radius 1 is 1.29 bits per heavy atom. The summed E-state index contributed by atoms with van der Waals surface area (Å²) in [4.78, 5) is 12.7. The second kappa shape index (κ2) is 4.95. The molecule has 2 rings (SSSR count).